The molecule has 0 aliphatic heterocycles. The van der Waals surface area contributed by atoms with Crippen molar-refractivity contribution in [2.45, 2.75) is 381 Å². The Balaban J connectivity index is 4.25. The Morgan fingerprint density at radius 3 is 0.681 bits per heavy atom. The highest BCUT2D eigenvalue weighted by molar-refractivity contribution is 5.71. The highest BCUT2D eigenvalue weighted by Crippen LogP contribution is 2.19. The first-order valence-electron chi connectivity index (χ1n) is 32.7. The van der Waals surface area contributed by atoms with E-state index in [9.17, 15) is 14.4 Å². The fourth-order valence-electron chi connectivity index (χ4n) is 10.3. The van der Waals surface area contributed by atoms with Gasteiger partial charge in [-0.1, -0.05) is 336 Å². The maximum atomic E-state index is 12.9. The van der Waals surface area contributed by atoms with E-state index in [1.54, 1.807) is 0 Å². The maximum Gasteiger partial charge on any atom is 0.306 e. The Labute approximate surface area is 450 Å². The molecule has 0 saturated heterocycles. The number of hydrogen-bond acceptors (Lipinski definition) is 6. The summed E-state index contributed by atoms with van der Waals surface area (Å²) in [5.41, 5.74) is 0. The number of carbonyl (C=O) groups excluding carboxylic acids is 3. The molecule has 0 fully saturated rings. The van der Waals surface area contributed by atoms with Crippen LogP contribution >= 0.6 is 0 Å². The molecule has 0 aromatic heterocycles. The summed E-state index contributed by atoms with van der Waals surface area (Å²) < 4.78 is 17.0. The summed E-state index contributed by atoms with van der Waals surface area (Å²) in [6.45, 7) is 11.5. The third-order valence-corrected chi connectivity index (χ3v) is 15.2. The van der Waals surface area contributed by atoms with Crippen LogP contribution in [-0.2, 0) is 28.6 Å². The molecule has 6 heteroatoms. The zero-order valence-electron chi connectivity index (χ0n) is 49.6. The molecule has 0 saturated carbocycles. The lowest BCUT2D eigenvalue weighted by atomic mass is 10.0. The molecule has 0 aliphatic carbocycles. The van der Waals surface area contributed by atoms with E-state index in [-0.39, 0.29) is 31.1 Å². The Kier molecular flexibility index (Phi) is 57.4. The van der Waals surface area contributed by atoms with Gasteiger partial charge in [0.25, 0.3) is 0 Å². The van der Waals surface area contributed by atoms with Crippen LogP contribution in [0.3, 0.4) is 0 Å². The van der Waals surface area contributed by atoms with Crippen molar-refractivity contribution in [1.29, 1.82) is 0 Å². The number of hydrogen-bond donors (Lipinski definition) is 0. The molecule has 0 radical (unpaired) electrons. The Bertz CT molecular complexity index is 1100. The summed E-state index contributed by atoms with van der Waals surface area (Å²) in [7, 11) is 0. The second-order valence-corrected chi connectivity index (χ2v) is 23.7. The highest BCUT2D eigenvalue weighted by Gasteiger charge is 2.19. The van der Waals surface area contributed by atoms with E-state index in [1.165, 1.54) is 263 Å². The molecule has 0 spiro atoms. The zero-order chi connectivity index (χ0) is 52.5. The standard InChI is InChI=1S/C66H128O6/c1-6-7-8-9-10-11-12-13-14-15-16-21-24-27-32-38-43-48-53-58-66(69)72-63(60-71-65(68)57-52-47-42-37-33-28-30-35-40-45-50-55-62(4)5)59-70-64(67)56-51-46-41-36-31-26-23-20-18-17-19-22-25-29-34-39-44-49-54-61(2)3/h61-63H,6-60H2,1-5H3/t63-/m1/s1. The van der Waals surface area contributed by atoms with Crippen molar-refractivity contribution in [3.05, 3.63) is 0 Å². The van der Waals surface area contributed by atoms with Gasteiger partial charge in [-0.2, -0.15) is 0 Å². The first-order chi connectivity index (χ1) is 35.2. The number of rotatable bonds is 60. The van der Waals surface area contributed by atoms with Gasteiger partial charge in [0, 0.05) is 19.3 Å². The number of esters is 3. The van der Waals surface area contributed by atoms with Crippen molar-refractivity contribution in [2.24, 2.45) is 11.8 Å². The van der Waals surface area contributed by atoms with Crippen LogP contribution in [0.5, 0.6) is 0 Å². The highest BCUT2D eigenvalue weighted by atomic mass is 16.6. The SMILES string of the molecule is CCCCCCCCCCCCCCCCCCCCCC(=O)O[C@H](COC(=O)CCCCCCCCCCCCCCCCCCCCC(C)C)COC(=O)CCCCCCCCCCCCCC(C)C. The molecule has 6 nitrogen and oxygen atoms in total. The molecule has 0 aliphatic rings. The van der Waals surface area contributed by atoms with Crippen molar-refractivity contribution < 1.29 is 28.6 Å². The van der Waals surface area contributed by atoms with Gasteiger partial charge in [-0.15, -0.1) is 0 Å². The zero-order valence-corrected chi connectivity index (χ0v) is 49.6. The van der Waals surface area contributed by atoms with Gasteiger partial charge < -0.3 is 14.2 Å². The molecule has 0 unspecified atom stereocenters. The Morgan fingerprint density at radius 2 is 0.458 bits per heavy atom. The number of unbranched alkanes of at least 4 members (excludes halogenated alkanes) is 45. The fourth-order valence-corrected chi connectivity index (χ4v) is 10.3. The summed E-state index contributed by atoms with van der Waals surface area (Å²) in [4.78, 5) is 38.3. The van der Waals surface area contributed by atoms with Gasteiger partial charge in [0.05, 0.1) is 0 Å². The summed E-state index contributed by atoms with van der Waals surface area (Å²) in [6.07, 6.45) is 65.4. The average molecular weight is 1020 g/mol. The normalized spacial score (nSPS) is 12.0. The van der Waals surface area contributed by atoms with Crippen LogP contribution in [0.15, 0.2) is 0 Å². The Morgan fingerprint density at radius 1 is 0.264 bits per heavy atom. The molecular weight excluding hydrogens is 889 g/mol. The monoisotopic (exact) mass is 1020 g/mol. The molecule has 0 N–H and O–H groups in total. The van der Waals surface area contributed by atoms with Gasteiger partial charge in [0.2, 0.25) is 0 Å². The van der Waals surface area contributed by atoms with Gasteiger partial charge in [-0.05, 0) is 31.1 Å². The minimum atomic E-state index is -0.764. The first kappa shape index (κ1) is 70.4. The Hall–Kier alpha value is -1.59. The summed E-state index contributed by atoms with van der Waals surface area (Å²) >= 11 is 0. The van der Waals surface area contributed by atoms with Crippen LogP contribution in [0.4, 0.5) is 0 Å². The second-order valence-electron chi connectivity index (χ2n) is 23.7. The predicted octanol–water partition coefficient (Wildman–Crippen LogP) is 22.0. The van der Waals surface area contributed by atoms with Crippen LogP contribution in [0, 0.1) is 11.8 Å². The van der Waals surface area contributed by atoms with E-state index in [1.807, 2.05) is 0 Å². The van der Waals surface area contributed by atoms with Gasteiger partial charge >= 0.3 is 17.9 Å². The van der Waals surface area contributed by atoms with E-state index in [0.717, 1.165) is 69.6 Å². The lowest BCUT2D eigenvalue weighted by Crippen LogP contribution is -2.30. The first-order valence-corrected chi connectivity index (χ1v) is 32.7. The molecule has 0 aromatic carbocycles. The molecule has 0 heterocycles. The van der Waals surface area contributed by atoms with E-state index in [4.69, 9.17) is 14.2 Å². The van der Waals surface area contributed by atoms with E-state index < -0.39 is 6.10 Å². The molecule has 0 aromatic rings. The molecule has 1 atom stereocenters. The number of carbonyl (C=O) groups is 3. The van der Waals surface area contributed by atoms with Crippen LogP contribution in [0.1, 0.15) is 375 Å². The van der Waals surface area contributed by atoms with E-state index >= 15 is 0 Å². The minimum absolute atomic E-state index is 0.0618. The van der Waals surface area contributed by atoms with Crippen molar-refractivity contribution in [2.75, 3.05) is 13.2 Å². The molecule has 0 bridgehead atoms. The lowest BCUT2D eigenvalue weighted by Gasteiger charge is -2.18. The molecule has 72 heavy (non-hydrogen) atoms. The molecule has 428 valence electrons. The second kappa shape index (κ2) is 58.7. The van der Waals surface area contributed by atoms with Crippen LogP contribution in [-0.4, -0.2) is 37.2 Å². The van der Waals surface area contributed by atoms with E-state index in [2.05, 4.69) is 34.6 Å². The van der Waals surface area contributed by atoms with E-state index in [0.29, 0.717) is 19.3 Å². The van der Waals surface area contributed by atoms with Crippen LogP contribution in [0.25, 0.3) is 0 Å². The lowest BCUT2D eigenvalue weighted by molar-refractivity contribution is -0.167. The summed E-state index contributed by atoms with van der Waals surface area (Å²) in [5.74, 6) is 0.855. The van der Waals surface area contributed by atoms with Gasteiger partial charge in [-0.3, -0.25) is 14.4 Å². The summed E-state index contributed by atoms with van der Waals surface area (Å²) in [6, 6.07) is 0. The average Bonchev–Trinajstić information content (AvgIpc) is 3.36. The van der Waals surface area contributed by atoms with Gasteiger partial charge in [0.15, 0.2) is 6.10 Å². The topological polar surface area (TPSA) is 78.9 Å². The van der Waals surface area contributed by atoms with Crippen molar-refractivity contribution >= 4 is 17.9 Å². The van der Waals surface area contributed by atoms with Crippen LogP contribution < -0.4 is 0 Å². The quantitative estimate of drug-likeness (QED) is 0.0343. The summed E-state index contributed by atoms with van der Waals surface area (Å²) in [5, 5.41) is 0. The molecule has 0 rings (SSSR count). The largest absolute Gasteiger partial charge is 0.462 e. The molecular formula is C66H128O6. The molecule has 0 amide bonds. The predicted molar refractivity (Wildman–Crippen MR) is 312 cm³/mol. The maximum absolute atomic E-state index is 12.9. The van der Waals surface area contributed by atoms with Crippen molar-refractivity contribution in [1.82, 2.24) is 0 Å². The minimum Gasteiger partial charge on any atom is -0.462 e. The third-order valence-electron chi connectivity index (χ3n) is 15.2. The number of ether oxygens (including phenoxy) is 3. The third kappa shape index (κ3) is 59.3. The van der Waals surface area contributed by atoms with Crippen LogP contribution in [0.2, 0.25) is 0 Å². The van der Waals surface area contributed by atoms with Crippen molar-refractivity contribution in [3.63, 3.8) is 0 Å². The smallest absolute Gasteiger partial charge is 0.306 e. The van der Waals surface area contributed by atoms with Gasteiger partial charge in [0.1, 0.15) is 13.2 Å². The fraction of sp³-hybridized carbons (Fsp3) is 0.955. The van der Waals surface area contributed by atoms with Crippen molar-refractivity contribution in [3.8, 4) is 0 Å². The van der Waals surface area contributed by atoms with Gasteiger partial charge in [-0.25, -0.2) is 0 Å².